The van der Waals surface area contributed by atoms with Crippen molar-refractivity contribution in [2.24, 2.45) is 0 Å². The van der Waals surface area contributed by atoms with Crippen LogP contribution in [-0.2, 0) is 6.54 Å². The number of benzene rings is 2. The minimum absolute atomic E-state index is 0.0293. The van der Waals surface area contributed by atoms with Crippen LogP contribution in [0, 0.1) is 11.6 Å². The topological polar surface area (TPSA) is 69.0 Å². The van der Waals surface area contributed by atoms with E-state index in [4.69, 9.17) is 4.74 Å². The molecule has 0 aliphatic rings. The maximum absolute atomic E-state index is 13.9. The first kappa shape index (κ1) is 16.6. The quantitative estimate of drug-likeness (QED) is 0.772. The summed E-state index contributed by atoms with van der Waals surface area (Å²) in [5.74, 6) is -2.72. The van der Waals surface area contributed by atoms with Crippen LogP contribution in [0.3, 0.4) is 0 Å². The van der Waals surface area contributed by atoms with Gasteiger partial charge in [0.1, 0.15) is 12.7 Å². The molecule has 1 amide bonds. The highest BCUT2D eigenvalue weighted by atomic mass is 19.2. The summed E-state index contributed by atoms with van der Waals surface area (Å²) in [6.45, 7) is -0.150. The highest BCUT2D eigenvalue weighted by Crippen LogP contribution is 2.22. The molecule has 0 aliphatic carbocycles. The number of hydrogen-bond acceptors (Lipinski definition) is 4. The van der Waals surface area contributed by atoms with Gasteiger partial charge in [-0.3, -0.25) is 9.36 Å². The SMILES string of the molecule is COc1ccc(CNC(=O)c2cccc(-n3cnnc3)c2)c(F)c1F. The largest absolute Gasteiger partial charge is 0.494 e. The first-order chi connectivity index (χ1) is 12.1. The maximum Gasteiger partial charge on any atom is 0.251 e. The van der Waals surface area contributed by atoms with Crippen molar-refractivity contribution in [1.82, 2.24) is 20.1 Å². The standard InChI is InChI=1S/C17H14F2N4O2/c1-25-14-6-5-12(15(18)16(14)19)8-20-17(24)11-3-2-4-13(7-11)23-9-21-22-10-23/h2-7,9-10H,8H2,1H3,(H,20,24). The summed E-state index contributed by atoms with van der Waals surface area (Å²) in [7, 11) is 1.25. The molecule has 1 heterocycles. The molecule has 0 aliphatic heterocycles. The van der Waals surface area contributed by atoms with Gasteiger partial charge >= 0.3 is 0 Å². The van der Waals surface area contributed by atoms with Crippen LogP contribution in [0.25, 0.3) is 5.69 Å². The van der Waals surface area contributed by atoms with E-state index >= 15 is 0 Å². The van der Waals surface area contributed by atoms with Gasteiger partial charge in [0, 0.05) is 23.4 Å². The number of carbonyl (C=O) groups is 1. The molecule has 2 aromatic carbocycles. The van der Waals surface area contributed by atoms with Gasteiger partial charge in [-0.05, 0) is 24.3 Å². The number of halogens is 2. The van der Waals surface area contributed by atoms with Crippen LogP contribution in [0.15, 0.2) is 49.1 Å². The molecule has 8 heteroatoms. The lowest BCUT2D eigenvalue weighted by Gasteiger charge is -2.10. The minimum Gasteiger partial charge on any atom is -0.494 e. The maximum atomic E-state index is 13.9. The lowest BCUT2D eigenvalue weighted by Crippen LogP contribution is -2.23. The molecule has 1 N–H and O–H groups in total. The monoisotopic (exact) mass is 344 g/mol. The molecule has 3 aromatic rings. The second-order valence-corrected chi connectivity index (χ2v) is 5.16. The summed E-state index contributed by atoms with van der Waals surface area (Å²) < 4.78 is 34.0. The van der Waals surface area contributed by atoms with E-state index in [0.717, 1.165) is 0 Å². The molecule has 6 nitrogen and oxygen atoms in total. The van der Waals surface area contributed by atoms with Crippen molar-refractivity contribution < 1.29 is 18.3 Å². The number of carbonyl (C=O) groups excluding carboxylic acids is 1. The summed E-state index contributed by atoms with van der Waals surface area (Å²) in [5, 5.41) is 9.98. The number of methoxy groups -OCH3 is 1. The lowest BCUT2D eigenvalue weighted by molar-refractivity contribution is 0.0950. The zero-order chi connectivity index (χ0) is 17.8. The zero-order valence-electron chi connectivity index (χ0n) is 13.2. The van der Waals surface area contributed by atoms with Crippen molar-refractivity contribution in [3.8, 4) is 11.4 Å². The van der Waals surface area contributed by atoms with Crippen LogP contribution in [0.2, 0.25) is 0 Å². The molecule has 0 atom stereocenters. The van der Waals surface area contributed by atoms with Crippen LogP contribution in [0.5, 0.6) is 5.75 Å². The zero-order valence-corrected chi connectivity index (χ0v) is 13.2. The van der Waals surface area contributed by atoms with Crippen LogP contribution in [0.1, 0.15) is 15.9 Å². The Kier molecular flexibility index (Phi) is 4.69. The number of rotatable bonds is 5. The highest BCUT2D eigenvalue weighted by molar-refractivity contribution is 5.94. The fourth-order valence-corrected chi connectivity index (χ4v) is 2.29. The van der Waals surface area contributed by atoms with E-state index in [-0.39, 0.29) is 17.9 Å². The molecular formula is C17H14F2N4O2. The Morgan fingerprint density at radius 2 is 1.92 bits per heavy atom. The lowest BCUT2D eigenvalue weighted by atomic mass is 10.1. The molecule has 0 saturated carbocycles. The van der Waals surface area contributed by atoms with Gasteiger partial charge < -0.3 is 10.1 Å². The third kappa shape index (κ3) is 3.47. The van der Waals surface area contributed by atoms with Gasteiger partial charge in [-0.2, -0.15) is 4.39 Å². The van der Waals surface area contributed by atoms with Crippen molar-refractivity contribution in [2.45, 2.75) is 6.54 Å². The summed E-state index contributed by atoms with van der Waals surface area (Å²) in [4.78, 5) is 12.3. The van der Waals surface area contributed by atoms with E-state index in [2.05, 4.69) is 15.5 Å². The molecule has 0 radical (unpaired) electrons. The third-order valence-corrected chi connectivity index (χ3v) is 3.61. The Balaban J connectivity index is 1.73. The summed E-state index contributed by atoms with van der Waals surface area (Å²) >= 11 is 0. The van der Waals surface area contributed by atoms with Crippen molar-refractivity contribution >= 4 is 5.91 Å². The van der Waals surface area contributed by atoms with E-state index in [1.54, 1.807) is 28.8 Å². The van der Waals surface area contributed by atoms with Gasteiger partial charge in [-0.15, -0.1) is 10.2 Å². The van der Waals surface area contributed by atoms with Crippen LogP contribution in [-0.4, -0.2) is 27.8 Å². The molecule has 0 spiro atoms. The Labute approximate surface area is 142 Å². The molecule has 128 valence electrons. The number of aromatic nitrogens is 3. The second-order valence-electron chi connectivity index (χ2n) is 5.16. The van der Waals surface area contributed by atoms with Crippen molar-refractivity contribution in [1.29, 1.82) is 0 Å². The first-order valence-corrected chi connectivity index (χ1v) is 7.34. The fourth-order valence-electron chi connectivity index (χ4n) is 2.29. The van der Waals surface area contributed by atoms with Crippen LogP contribution < -0.4 is 10.1 Å². The van der Waals surface area contributed by atoms with Gasteiger partial charge in [0.15, 0.2) is 11.6 Å². The Bertz CT molecular complexity index is 898. The molecule has 1 aromatic heterocycles. The number of hydrogen-bond donors (Lipinski definition) is 1. The smallest absolute Gasteiger partial charge is 0.251 e. The Morgan fingerprint density at radius 3 is 2.64 bits per heavy atom. The van der Waals surface area contributed by atoms with Crippen molar-refractivity contribution in [2.75, 3.05) is 7.11 Å². The minimum atomic E-state index is -1.08. The Morgan fingerprint density at radius 1 is 1.16 bits per heavy atom. The molecule has 0 bridgehead atoms. The van der Waals surface area contributed by atoms with Crippen LogP contribution in [0.4, 0.5) is 8.78 Å². The summed E-state index contributed by atoms with van der Waals surface area (Å²) in [6, 6.07) is 9.44. The van der Waals surface area contributed by atoms with Gasteiger partial charge in [0.25, 0.3) is 5.91 Å². The third-order valence-electron chi connectivity index (χ3n) is 3.61. The highest BCUT2D eigenvalue weighted by Gasteiger charge is 2.15. The predicted molar refractivity (Wildman–Crippen MR) is 85.4 cm³/mol. The van der Waals surface area contributed by atoms with Gasteiger partial charge in [0.05, 0.1) is 7.11 Å². The van der Waals surface area contributed by atoms with Crippen LogP contribution >= 0.6 is 0 Å². The molecule has 0 saturated heterocycles. The number of amides is 1. The summed E-state index contributed by atoms with van der Waals surface area (Å²) in [6.07, 6.45) is 3.01. The average molecular weight is 344 g/mol. The molecular weight excluding hydrogens is 330 g/mol. The molecule has 0 fully saturated rings. The van der Waals surface area contributed by atoms with E-state index in [9.17, 15) is 13.6 Å². The van der Waals surface area contributed by atoms with E-state index in [1.165, 1.54) is 31.9 Å². The normalized spacial score (nSPS) is 10.5. The molecule has 0 unspecified atom stereocenters. The number of nitrogens with one attached hydrogen (secondary N) is 1. The molecule has 3 rings (SSSR count). The van der Waals surface area contributed by atoms with E-state index in [0.29, 0.717) is 11.3 Å². The van der Waals surface area contributed by atoms with Gasteiger partial charge in [-0.25, -0.2) is 4.39 Å². The fraction of sp³-hybridized carbons (Fsp3) is 0.118. The predicted octanol–water partition coefficient (Wildman–Crippen LogP) is 2.48. The first-order valence-electron chi connectivity index (χ1n) is 7.34. The van der Waals surface area contributed by atoms with E-state index < -0.39 is 17.5 Å². The Hall–Kier alpha value is -3.29. The van der Waals surface area contributed by atoms with E-state index in [1.807, 2.05) is 0 Å². The van der Waals surface area contributed by atoms with Crippen molar-refractivity contribution in [3.05, 3.63) is 71.8 Å². The molecule has 25 heavy (non-hydrogen) atoms. The average Bonchev–Trinajstić information content (AvgIpc) is 3.17. The summed E-state index contributed by atoms with van der Waals surface area (Å²) in [5.41, 5.74) is 1.11. The van der Waals surface area contributed by atoms with Crippen molar-refractivity contribution in [3.63, 3.8) is 0 Å². The number of ether oxygens (including phenoxy) is 1. The number of nitrogens with zero attached hydrogens (tertiary/aromatic N) is 3. The van der Waals surface area contributed by atoms with Gasteiger partial charge in [-0.1, -0.05) is 12.1 Å². The second kappa shape index (κ2) is 7.08. The van der Waals surface area contributed by atoms with Gasteiger partial charge in [0.2, 0.25) is 5.82 Å².